The van der Waals surface area contributed by atoms with Crippen LogP contribution in [-0.2, 0) is 10.0 Å². The van der Waals surface area contributed by atoms with Gasteiger partial charge in [0.05, 0.1) is 23.4 Å². The normalized spacial score (nSPS) is 12.2. The standard InChI is InChI=1S/C12H13N3O2S/c1-3-11(8-14)18(16,17)15-12-6-10(7-13)5-4-9(12)2/h4-6,11,15H,3H2,1-2H3. The van der Waals surface area contributed by atoms with Gasteiger partial charge in [0.1, 0.15) is 0 Å². The van der Waals surface area contributed by atoms with E-state index < -0.39 is 15.3 Å². The minimum Gasteiger partial charge on any atom is -0.282 e. The largest absolute Gasteiger partial charge is 0.282 e. The first-order valence-electron chi connectivity index (χ1n) is 5.36. The van der Waals surface area contributed by atoms with E-state index in [1.807, 2.05) is 6.07 Å². The van der Waals surface area contributed by atoms with E-state index in [1.165, 1.54) is 6.07 Å². The first-order chi connectivity index (χ1) is 8.44. The molecule has 94 valence electrons. The predicted molar refractivity (Wildman–Crippen MR) is 68.1 cm³/mol. The van der Waals surface area contributed by atoms with Crippen molar-refractivity contribution in [2.75, 3.05) is 4.72 Å². The molecular formula is C12H13N3O2S. The molecule has 0 amide bonds. The number of benzene rings is 1. The molecule has 0 aliphatic carbocycles. The van der Waals surface area contributed by atoms with Crippen LogP contribution in [0.3, 0.4) is 0 Å². The topological polar surface area (TPSA) is 93.8 Å². The Morgan fingerprint density at radius 3 is 2.56 bits per heavy atom. The Balaban J connectivity index is 3.13. The highest BCUT2D eigenvalue weighted by atomic mass is 32.2. The molecule has 1 unspecified atom stereocenters. The fourth-order valence-corrected chi connectivity index (χ4v) is 2.65. The molecule has 0 spiro atoms. The predicted octanol–water partition coefficient (Wildman–Crippen LogP) is 1.91. The minimum absolute atomic E-state index is 0.211. The van der Waals surface area contributed by atoms with Crippen molar-refractivity contribution in [3.8, 4) is 12.1 Å². The number of anilines is 1. The Kier molecular flexibility index (Phi) is 4.30. The van der Waals surface area contributed by atoms with Gasteiger partial charge in [-0.15, -0.1) is 0 Å². The second-order valence-corrected chi connectivity index (χ2v) is 5.68. The second-order valence-electron chi connectivity index (χ2n) is 3.81. The van der Waals surface area contributed by atoms with E-state index in [1.54, 1.807) is 32.0 Å². The molecule has 0 heterocycles. The van der Waals surface area contributed by atoms with Crippen molar-refractivity contribution in [1.29, 1.82) is 10.5 Å². The molecule has 18 heavy (non-hydrogen) atoms. The van der Waals surface area contributed by atoms with Gasteiger partial charge in [-0.1, -0.05) is 13.0 Å². The lowest BCUT2D eigenvalue weighted by molar-refractivity contribution is 0.593. The molecule has 1 aromatic rings. The van der Waals surface area contributed by atoms with Gasteiger partial charge in [0.25, 0.3) is 0 Å². The molecule has 0 bridgehead atoms. The molecule has 0 fully saturated rings. The van der Waals surface area contributed by atoms with Crippen LogP contribution in [0.25, 0.3) is 0 Å². The van der Waals surface area contributed by atoms with Gasteiger partial charge in [-0.05, 0) is 31.0 Å². The van der Waals surface area contributed by atoms with Crippen LogP contribution in [0.2, 0.25) is 0 Å². The molecule has 0 aliphatic heterocycles. The zero-order chi connectivity index (χ0) is 13.8. The lowest BCUT2D eigenvalue weighted by Gasteiger charge is -2.13. The summed E-state index contributed by atoms with van der Waals surface area (Å²) in [6, 6.07) is 8.40. The molecule has 1 N–H and O–H groups in total. The fraction of sp³-hybridized carbons (Fsp3) is 0.333. The van der Waals surface area contributed by atoms with Gasteiger partial charge in [-0.2, -0.15) is 10.5 Å². The highest BCUT2D eigenvalue weighted by molar-refractivity contribution is 7.93. The van der Waals surface area contributed by atoms with Gasteiger partial charge in [0.2, 0.25) is 10.0 Å². The first kappa shape index (κ1) is 14.0. The fourth-order valence-electron chi connectivity index (χ4n) is 1.41. The Morgan fingerprint density at radius 2 is 2.06 bits per heavy atom. The maximum Gasteiger partial charge on any atom is 0.249 e. The molecule has 5 nitrogen and oxygen atoms in total. The van der Waals surface area contributed by atoms with Gasteiger partial charge in [-0.3, -0.25) is 4.72 Å². The van der Waals surface area contributed by atoms with Crippen LogP contribution in [0, 0.1) is 29.6 Å². The average Bonchev–Trinajstić information content (AvgIpc) is 2.33. The summed E-state index contributed by atoms with van der Waals surface area (Å²) in [5.41, 5.74) is 1.40. The minimum atomic E-state index is -3.74. The Morgan fingerprint density at radius 1 is 1.39 bits per heavy atom. The molecule has 0 saturated heterocycles. The van der Waals surface area contributed by atoms with Crippen molar-refractivity contribution in [2.24, 2.45) is 0 Å². The van der Waals surface area contributed by atoms with E-state index >= 15 is 0 Å². The third kappa shape index (κ3) is 2.99. The summed E-state index contributed by atoms with van der Waals surface area (Å²) in [5.74, 6) is 0. The van der Waals surface area contributed by atoms with Gasteiger partial charge >= 0.3 is 0 Å². The zero-order valence-electron chi connectivity index (χ0n) is 10.1. The Labute approximate surface area is 107 Å². The maximum absolute atomic E-state index is 11.9. The Bertz CT molecular complexity index is 624. The van der Waals surface area contributed by atoms with Crippen molar-refractivity contribution in [3.05, 3.63) is 29.3 Å². The number of nitrogens with zero attached hydrogens (tertiary/aromatic N) is 2. The third-order valence-corrected chi connectivity index (χ3v) is 4.20. The van der Waals surface area contributed by atoms with Crippen LogP contribution in [0.1, 0.15) is 24.5 Å². The van der Waals surface area contributed by atoms with Gasteiger partial charge in [0, 0.05) is 0 Å². The zero-order valence-corrected chi connectivity index (χ0v) is 11.0. The molecule has 6 heteroatoms. The number of hydrogen-bond donors (Lipinski definition) is 1. The van der Waals surface area contributed by atoms with Crippen molar-refractivity contribution < 1.29 is 8.42 Å². The Hall–Kier alpha value is -2.05. The highest BCUT2D eigenvalue weighted by Crippen LogP contribution is 2.19. The van der Waals surface area contributed by atoms with Crippen LogP contribution in [-0.4, -0.2) is 13.7 Å². The molecular weight excluding hydrogens is 250 g/mol. The summed E-state index contributed by atoms with van der Waals surface area (Å²) in [6.07, 6.45) is 0.211. The van der Waals surface area contributed by atoms with Crippen LogP contribution in [0.4, 0.5) is 5.69 Å². The summed E-state index contributed by atoms with van der Waals surface area (Å²) >= 11 is 0. The van der Waals surface area contributed by atoms with E-state index in [2.05, 4.69) is 4.72 Å². The van der Waals surface area contributed by atoms with Crippen molar-refractivity contribution >= 4 is 15.7 Å². The lowest BCUT2D eigenvalue weighted by atomic mass is 10.1. The summed E-state index contributed by atoms with van der Waals surface area (Å²) < 4.78 is 26.2. The van der Waals surface area contributed by atoms with Crippen LogP contribution < -0.4 is 4.72 Å². The van der Waals surface area contributed by atoms with E-state index in [0.29, 0.717) is 16.8 Å². The van der Waals surface area contributed by atoms with E-state index in [-0.39, 0.29) is 6.42 Å². The molecule has 1 atom stereocenters. The van der Waals surface area contributed by atoms with Crippen molar-refractivity contribution in [1.82, 2.24) is 0 Å². The monoisotopic (exact) mass is 263 g/mol. The molecule has 0 radical (unpaired) electrons. The van der Waals surface area contributed by atoms with Crippen LogP contribution in [0.15, 0.2) is 18.2 Å². The van der Waals surface area contributed by atoms with E-state index in [9.17, 15) is 8.42 Å². The van der Waals surface area contributed by atoms with Gasteiger partial charge in [-0.25, -0.2) is 8.42 Å². The number of nitrogens with one attached hydrogen (secondary N) is 1. The van der Waals surface area contributed by atoms with Crippen molar-refractivity contribution in [2.45, 2.75) is 25.5 Å². The van der Waals surface area contributed by atoms with Crippen molar-refractivity contribution in [3.63, 3.8) is 0 Å². The summed E-state index contributed by atoms with van der Waals surface area (Å²) in [7, 11) is -3.74. The van der Waals surface area contributed by atoms with Gasteiger partial charge < -0.3 is 0 Å². The average molecular weight is 263 g/mol. The quantitative estimate of drug-likeness (QED) is 0.897. The number of rotatable bonds is 4. The van der Waals surface area contributed by atoms with E-state index in [0.717, 1.165) is 0 Å². The SMILES string of the molecule is CCC(C#N)S(=O)(=O)Nc1cc(C#N)ccc1C. The maximum atomic E-state index is 11.9. The molecule has 0 aromatic heterocycles. The lowest BCUT2D eigenvalue weighted by Crippen LogP contribution is -2.26. The second kappa shape index (κ2) is 5.52. The highest BCUT2D eigenvalue weighted by Gasteiger charge is 2.23. The molecule has 1 rings (SSSR count). The van der Waals surface area contributed by atoms with Crippen LogP contribution >= 0.6 is 0 Å². The molecule has 0 aliphatic rings. The summed E-state index contributed by atoms with van der Waals surface area (Å²) in [6.45, 7) is 3.36. The smallest absolute Gasteiger partial charge is 0.249 e. The number of aryl methyl sites for hydroxylation is 1. The third-order valence-electron chi connectivity index (χ3n) is 2.51. The first-order valence-corrected chi connectivity index (χ1v) is 6.91. The number of nitriles is 2. The van der Waals surface area contributed by atoms with Gasteiger partial charge in [0.15, 0.2) is 5.25 Å². The molecule has 1 aromatic carbocycles. The summed E-state index contributed by atoms with van der Waals surface area (Å²) in [5, 5.41) is 16.5. The van der Waals surface area contributed by atoms with Crippen LogP contribution in [0.5, 0.6) is 0 Å². The number of hydrogen-bond acceptors (Lipinski definition) is 4. The van der Waals surface area contributed by atoms with E-state index in [4.69, 9.17) is 10.5 Å². The number of sulfonamides is 1. The summed E-state index contributed by atoms with van der Waals surface area (Å²) in [4.78, 5) is 0. The molecule has 0 saturated carbocycles.